The van der Waals surface area contributed by atoms with Crippen molar-refractivity contribution < 1.29 is 27.2 Å². The first-order valence-corrected chi connectivity index (χ1v) is 10.8. The lowest BCUT2D eigenvalue weighted by molar-refractivity contribution is -0.137. The van der Waals surface area contributed by atoms with Crippen LogP contribution in [0.15, 0.2) is 81.1 Å². The number of amides is 2. The monoisotopic (exact) mass is 472 g/mol. The van der Waals surface area contributed by atoms with Crippen LogP contribution < -0.4 is 4.90 Å². The third-order valence-electron chi connectivity index (χ3n) is 5.06. The van der Waals surface area contributed by atoms with Gasteiger partial charge in [-0.3, -0.25) is 14.5 Å². The number of furan rings is 1. The van der Waals surface area contributed by atoms with Gasteiger partial charge in [0.25, 0.3) is 5.91 Å². The molecule has 0 fully saturated rings. The topological polar surface area (TPSA) is 53.8 Å². The number of thioether (sulfide) groups is 1. The van der Waals surface area contributed by atoms with Crippen molar-refractivity contribution >= 4 is 35.3 Å². The Morgan fingerprint density at radius 1 is 1.09 bits per heavy atom. The summed E-state index contributed by atoms with van der Waals surface area (Å²) in [7, 11) is 1.62. The summed E-state index contributed by atoms with van der Waals surface area (Å²) in [6, 6.07) is 15.3. The van der Waals surface area contributed by atoms with Gasteiger partial charge in [0, 0.05) is 11.9 Å². The van der Waals surface area contributed by atoms with Crippen LogP contribution in [0.2, 0.25) is 0 Å². The zero-order valence-electron chi connectivity index (χ0n) is 17.5. The molecule has 5 nitrogen and oxygen atoms in total. The van der Waals surface area contributed by atoms with E-state index in [2.05, 4.69) is 0 Å². The molecule has 1 aromatic heterocycles. The molecule has 170 valence electrons. The van der Waals surface area contributed by atoms with Gasteiger partial charge >= 0.3 is 6.18 Å². The Hall–Kier alpha value is -3.46. The largest absolute Gasteiger partial charge is 0.467 e. The molecule has 33 heavy (non-hydrogen) atoms. The third kappa shape index (κ3) is 5.14. The van der Waals surface area contributed by atoms with E-state index in [9.17, 15) is 22.8 Å². The molecule has 0 bridgehead atoms. The lowest BCUT2D eigenvalue weighted by Crippen LogP contribution is -2.43. The van der Waals surface area contributed by atoms with Crippen molar-refractivity contribution in [2.75, 3.05) is 18.5 Å². The van der Waals surface area contributed by atoms with Crippen molar-refractivity contribution in [1.29, 1.82) is 0 Å². The molecule has 0 radical (unpaired) electrons. The Morgan fingerprint density at radius 2 is 1.82 bits per heavy atom. The van der Waals surface area contributed by atoms with Crippen LogP contribution in [0.5, 0.6) is 0 Å². The molecule has 0 aliphatic carbocycles. The van der Waals surface area contributed by atoms with Gasteiger partial charge in [0.15, 0.2) is 0 Å². The molecule has 4 rings (SSSR count). The number of fused-ring (bicyclic) bond motifs is 1. The number of nitrogens with zero attached hydrogens (tertiary/aromatic N) is 2. The van der Waals surface area contributed by atoms with Gasteiger partial charge in [-0.15, -0.1) is 0 Å². The number of halogens is 3. The fraction of sp³-hybridized carbons (Fsp3) is 0.167. The molecular weight excluding hydrogens is 453 g/mol. The van der Waals surface area contributed by atoms with Gasteiger partial charge in [-0.1, -0.05) is 36.0 Å². The van der Waals surface area contributed by atoms with Crippen LogP contribution in [0, 0.1) is 0 Å². The van der Waals surface area contributed by atoms with Crippen molar-refractivity contribution in [2.24, 2.45) is 0 Å². The number of hydrogen-bond acceptors (Lipinski definition) is 4. The highest BCUT2D eigenvalue weighted by atomic mass is 32.2. The van der Waals surface area contributed by atoms with Gasteiger partial charge in [-0.2, -0.15) is 13.2 Å². The second kappa shape index (κ2) is 9.19. The number of alkyl halides is 3. The Kier molecular flexibility index (Phi) is 6.33. The fourth-order valence-corrected chi connectivity index (χ4v) is 4.38. The molecule has 2 amide bonds. The van der Waals surface area contributed by atoms with Crippen LogP contribution in [0.1, 0.15) is 16.9 Å². The minimum Gasteiger partial charge on any atom is -0.467 e. The van der Waals surface area contributed by atoms with Crippen molar-refractivity contribution in [3.63, 3.8) is 0 Å². The summed E-state index contributed by atoms with van der Waals surface area (Å²) in [6.07, 6.45) is -1.38. The maximum Gasteiger partial charge on any atom is 0.416 e. The number of carbonyl (C=O) groups is 2. The van der Waals surface area contributed by atoms with Crippen molar-refractivity contribution in [3.8, 4) is 0 Å². The molecule has 2 aromatic carbocycles. The molecule has 2 heterocycles. The number of anilines is 1. The zero-order valence-corrected chi connectivity index (χ0v) is 18.3. The summed E-state index contributed by atoms with van der Waals surface area (Å²) in [6.45, 7) is 0.0798. The van der Waals surface area contributed by atoms with Crippen molar-refractivity contribution in [1.82, 2.24) is 4.90 Å². The lowest BCUT2D eigenvalue weighted by atomic mass is 10.1. The number of benzene rings is 2. The highest BCUT2D eigenvalue weighted by Crippen LogP contribution is 2.42. The first-order valence-electron chi connectivity index (χ1n) is 9.96. The summed E-state index contributed by atoms with van der Waals surface area (Å²) in [4.78, 5) is 30.1. The van der Waals surface area contributed by atoms with E-state index in [1.807, 2.05) is 12.1 Å². The molecule has 0 atom stereocenters. The van der Waals surface area contributed by atoms with Crippen LogP contribution in [0.25, 0.3) is 6.08 Å². The normalized spacial score (nSPS) is 15.0. The highest BCUT2D eigenvalue weighted by Gasteiger charge is 2.32. The standard InChI is InChI=1S/C24H19F3N2O3S/c1-28(14-18-5-4-12-32-18)22(30)15-29-19-6-2-3-7-20(19)33-21(23(29)31)13-16-8-10-17(11-9-16)24(25,26)27/h2-13H,14-15H2,1H3. The average Bonchev–Trinajstić information content (AvgIpc) is 3.29. The van der Waals surface area contributed by atoms with E-state index in [1.165, 1.54) is 46.0 Å². The second-order valence-corrected chi connectivity index (χ2v) is 8.50. The van der Waals surface area contributed by atoms with Crippen LogP contribution in [-0.2, 0) is 22.3 Å². The number of hydrogen-bond donors (Lipinski definition) is 0. The number of rotatable bonds is 5. The van der Waals surface area contributed by atoms with Crippen LogP contribution in [-0.4, -0.2) is 30.3 Å². The molecule has 3 aromatic rings. The van der Waals surface area contributed by atoms with E-state index in [1.54, 1.807) is 31.3 Å². The SMILES string of the molecule is CN(Cc1ccco1)C(=O)CN1C(=O)C(=Cc2ccc(C(F)(F)F)cc2)Sc2ccccc21. The minimum atomic E-state index is -4.43. The highest BCUT2D eigenvalue weighted by molar-refractivity contribution is 8.04. The lowest BCUT2D eigenvalue weighted by Gasteiger charge is -2.31. The first-order chi connectivity index (χ1) is 15.7. The number of likely N-dealkylation sites (N-methyl/N-ethyl adjacent to an activating group) is 1. The van der Waals surface area contributed by atoms with E-state index >= 15 is 0 Å². The summed E-state index contributed by atoms with van der Waals surface area (Å²) in [5.41, 5.74) is 0.306. The van der Waals surface area contributed by atoms with Gasteiger partial charge in [0.1, 0.15) is 12.3 Å². The van der Waals surface area contributed by atoms with Gasteiger partial charge in [-0.25, -0.2) is 0 Å². The summed E-state index contributed by atoms with van der Waals surface area (Å²) in [5, 5.41) is 0. The maximum absolute atomic E-state index is 13.3. The predicted molar refractivity (Wildman–Crippen MR) is 119 cm³/mol. The minimum absolute atomic E-state index is 0.183. The van der Waals surface area contributed by atoms with Crippen LogP contribution >= 0.6 is 11.8 Å². The van der Waals surface area contributed by atoms with Crippen molar-refractivity contribution in [3.05, 3.63) is 88.7 Å². The van der Waals surface area contributed by atoms with E-state index in [0.29, 0.717) is 21.9 Å². The Morgan fingerprint density at radius 3 is 2.48 bits per heavy atom. The number of carbonyl (C=O) groups excluding carboxylic acids is 2. The Bertz CT molecular complexity index is 1190. The molecule has 0 spiro atoms. The summed E-state index contributed by atoms with van der Waals surface area (Å²) in [5.74, 6) is -0.0525. The summed E-state index contributed by atoms with van der Waals surface area (Å²) >= 11 is 1.22. The zero-order chi connectivity index (χ0) is 23.6. The molecule has 0 saturated carbocycles. The van der Waals surface area contributed by atoms with Gasteiger partial charge in [0.2, 0.25) is 5.91 Å². The van der Waals surface area contributed by atoms with E-state index in [-0.39, 0.29) is 19.0 Å². The molecule has 1 aliphatic rings. The summed E-state index contributed by atoms with van der Waals surface area (Å²) < 4.78 is 43.8. The van der Waals surface area contributed by atoms with Crippen molar-refractivity contribution in [2.45, 2.75) is 17.6 Å². The molecule has 0 saturated heterocycles. The third-order valence-corrected chi connectivity index (χ3v) is 6.14. The Labute approximate surface area is 192 Å². The molecule has 0 N–H and O–H groups in total. The molecule has 9 heteroatoms. The van der Waals surface area contributed by atoms with Crippen LogP contribution in [0.4, 0.5) is 18.9 Å². The maximum atomic E-state index is 13.3. The second-order valence-electron chi connectivity index (χ2n) is 7.42. The van der Waals surface area contributed by atoms with E-state index in [4.69, 9.17) is 4.42 Å². The Balaban J connectivity index is 1.58. The average molecular weight is 472 g/mol. The molecule has 0 unspecified atom stereocenters. The van der Waals surface area contributed by atoms with E-state index < -0.39 is 17.6 Å². The fourth-order valence-electron chi connectivity index (χ4n) is 3.32. The predicted octanol–water partition coefficient (Wildman–Crippen LogP) is 5.44. The molecular formula is C24H19F3N2O3S. The molecule has 1 aliphatic heterocycles. The van der Waals surface area contributed by atoms with Gasteiger partial charge < -0.3 is 9.32 Å². The first kappa shape index (κ1) is 22.7. The van der Waals surface area contributed by atoms with Gasteiger partial charge in [-0.05, 0) is 48.0 Å². The quantitative estimate of drug-likeness (QED) is 0.465. The van der Waals surface area contributed by atoms with E-state index in [0.717, 1.165) is 17.0 Å². The number of para-hydroxylation sites is 1. The smallest absolute Gasteiger partial charge is 0.416 e. The van der Waals surface area contributed by atoms with Crippen LogP contribution in [0.3, 0.4) is 0 Å². The van der Waals surface area contributed by atoms with Gasteiger partial charge in [0.05, 0.1) is 29.0 Å².